The molecule has 110 valence electrons. The van der Waals surface area contributed by atoms with Gasteiger partial charge >= 0.3 is 5.97 Å². The van der Waals surface area contributed by atoms with Gasteiger partial charge in [-0.1, -0.05) is 13.5 Å². The highest BCUT2D eigenvalue weighted by atomic mass is 19.1. The molecule has 0 amide bonds. The van der Waals surface area contributed by atoms with Crippen LogP contribution in [0, 0.1) is 17.0 Å². The van der Waals surface area contributed by atoms with Gasteiger partial charge in [-0.2, -0.15) is 0 Å². The zero-order valence-electron chi connectivity index (χ0n) is 12.3. The summed E-state index contributed by atoms with van der Waals surface area (Å²) in [7, 11) is 0. The molecule has 0 saturated carbocycles. The fourth-order valence-electron chi connectivity index (χ4n) is 1.53. The van der Waals surface area contributed by atoms with Gasteiger partial charge in [0, 0.05) is 11.6 Å². The Balaban J connectivity index is 3.15. The summed E-state index contributed by atoms with van der Waals surface area (Å²) in [5.74, 6) is -1.88. The highest BCUT2D eigenvalue weighted by Crippen LogP contribution is 2.32. The highest BCUT2D eigenvalue weighted by Gasteiger charge is 2.35. The third-order valence-corrected chi connectivity index (χ3v) is 3.57. The summed E-state index contributed by atoms with van der Waals surface area (Å²) in [5.41, 5.74) is -1.73. The molecule has 0 aliphatic heterocycles. The van der Waals surface area contributed by atoms with Gasteiger partial charge in [-0.15, -0.1) is 0 Å². The topological polar surface area (TPSA) is 26.3 Å². The third kappa shape index (κ3) is 3.44. The second kappa shape index (κ2) is 5.73. The minimum absolute atomic E-state index is 0.213. The summed E-state index contributed by atoms with van der Waals surface area (Å²) in [6.07, 6.45) is 1.96. The first-order valence-corrected chi connectivity index (χ1v) is 6.48. The van der Waals surface area contributed by atoms with E-state index in [9.17, 15) is 13.6 Å². The molecule has 0 radical (unpaired) electrons. The lowest BCUT2D eigenvalue weighted by molar-refractivity contribution is -0.165. The molecule has 1 aromatic rings. The first-order valence-electron chi connectivity index (χ1n) is 6.48. The number of esters is 1. The maximum absolute atomic E-state index is 13.3. The monoisotopic (exact) mass is 282 g/mol. The Hall–Kier alpha value is -1.71. The SMILES string of the molecule is C=CC(C)(OC(=O)C(C)(C)CC)c1cc(F)cc(F)c1. The van der Waals surface area contributed by atoms with E-state index in [1.54, 1.807) is 20.8 Å². The minimum Gasteiger partial charge on any atom is -0.450 e. The second-order valence-electron chi connectivity index (χ2n) is 5.60. The van der Waals surface area contributed by atoms with E-state index in [0.29, 0.717) is 6.42 Å². The fourth-order valence-corrected chi connectivity index (χ4v) is 1.53. The van der Waals surface area contributed by atoms with Gasteiger partial charge in [0.1, 0.15) is 11.6 Å². The summed E-state index contributed by atoms with van der Waals surface area (Å²) in [6.45, 7) is 10.5. The lowest BCUT2D eigenvalue weighted by Crippen LogP contribution is -2.34. The van der Waals surface area contributed by atoms with Crippen molar-refractivity contribution >= 4 is 5.97 Å². The van der Waals surface area contributed by atoms with Crippen molar-refractivity contribution in [3.63, 3.8) is 0 Å². The number of halogens is 2. The Morgan fingerprint density at radius 2 is 1.75 bits per heavy atom. The fraction of sp³-hybridized carbons (Fsp3) is 0.438. The molecule has 0 N–H and O–H groups in total. The van der Waals surface area contributed by atoms with Crippen LogP contribution >= 0.6 is 0 Å². The lowest BCUT2D eigenvalue weighted by atomic mass is 9.89. The predicted octanol–water partition coefficient (Wildman–Crippen LogP) is 4.35. The van der Waals surface area contributed by atoms with Crippen LogP contribution in [0.3, 0.4) is 0 Å². The van der Waals surface area contributed by atoms with Crippen molar-refractivity contribution in [3.05, 3.63) is 48.1 Å². The molecule has 0 fully saturated rings. The van der Waals surface area contributed by atoms with Crippen LogP contribution in [-0.2, 0) is 15.1 Å². The Morgan fingerprint density at radius 3 is 2.15 bits per heavy atom. The number of carbonyl (C=O) groups is 1. The van der Waals surface area contributed by atoms with Gasteiger partial charge in [-0.3, -0.25) is 4.79 Å². The van der Waals surface area contributed by atoms with Gasteiger partial charge in [-0.25, -0.2) is 8.78 Å². The molecular weight excluding hydrogens is 262 g/mol. The molecule has 20 heavy (non-hydrogen) atoms. The second-order valence-corrected chi connectivity index (χ2v) is 5.60. The maximum atomic E-state index is 13.3. The quantitative estimate of drug-likeness (QED) is 0.593. The van der Waals surface area contributed by atoms with Gasteiger partial charge in [0.05, 0.1) is 5.41 Å². The highest BCUT2D eigenvalue weighted by molar-refractivity contribution is 5.76. The predicted molar refractivity (Wildman–Crippen MR) is 74.1 cm³/mol. The molecule has 1 aromatic carbocycles. The van der Waals surface area contributed by atoms with Crippen LogP contribution in [0.15, 0.2) is 30.9 Å². The summed E-state index contributed by atoms with van der Waals surface area (Å²) < 4.78 is 32.1. The van der Waals surface area contributed by atoms with Crippen LogP contribution in [0.2, 0.25) is 0 Å². The Morgan fingerprint density at radius 1 is 1.25 bits per heavy atom. The summed E-state index contributed by atoms with van der Waals surface area (Å²) in [5, 5.41) is 0. The van der Waals surface area contributed by atoms with Crippen LogP contribution in [0.1, 0.15) is 39.7 Å². The average Bonchev–Trinajstić information content (AvgIpc) is 2.37. The zero-order valence-corrected chi connectivity index (χ0v) is 12.3. The van der Waals surface area contributed by atoms with Crippen molar-refractivity contribution in [2.45, 2.75) is 39.7 Å². The van der Waals surface area contributed by atoms with E-state index in [0.717, 1.165) is 18.2 Å². The van der Waals surface area contributed by atoms with Gasteiger partial charge in [0.25, 0.3) is 0 Å². The summed E-state index contributed by atoms with van der Waals surface area (Å²) >= 11 is 0. The molecule has 0 aliphatic rings. The summed E-state index contributed by atoms with van der Waals surface area (Å²) in [6, 6.07) is 3.04. The molecule has 0 bridgehead atoms. The smallest absolute Gasteiger partial charge is 0.312 e. The van der Waals surface area contributed by atoms with Gasteiger partial charge in [0.2, 0.25) is 0 Å². The molecule has 1 unspecified atom stereocenters. The number of hydrogen-bond donors (Lipinski definition) is 0. The van der Waals surface area contributed by atoms with Gasteiger partial charge < -0.3 is 4.74 Å². The molecule has 2 nitrogen and oxygen atoms in total. The van der Waals surface area contributed by atoms with Crippen LogP contribution in [0.5, 0.6) is 0 Å². The van der Waals surface area contributed by atoms with E-state index in [1.165, 1.54) is 6.08 Å². The minimum atomic E-state index is -1.27. The number of benzene rings is 1. The Labute approximate surface area is 118 Å². The van der Waals surface area contributed by atoms with Crippen molar-refractivity contribution < 1.29 is 18.3 Å². The standard InChI is InChI=1S/C16H20F2O2/c1-6-15(3,4)14(19)20-16(5,7-2)11-8-12(17)10-13(18)9-11/h7-10H,2,6H2,1,3-5H3. The van der Waals surface area contributed by atoms with Crippen molar-refractivity contribution in [1.29, 1.82) is 0 Å². The molecular formula is C16H20F2O2. The van der Waals surface area contributed by atoms with Gasteiger partial charge in [-0.05, 0) is 45.4 Å². The summed E-state index contributed by atoms with van der Waals surface area (Å²) in [4.78, 5) is 12.2. The largest absolute Gasteiger partial charge is 0.450 e. The number of hydrogen-bond acceptors (Lipinski definition) is 2. The van der Waals surface area contributed by atoms with Crippen LogP contribution in [0.25, 0.3) is 0 Å². The normalized spacial score (nSPS) is 14.5. The Bertz CT molecular complexity index is 503. The molecule has 1 atom stereocenters. The van der Waals surface area contributed by atoms with Crippen molar-refractivity contribution in [2.75, 3.05) is 0 Å². The average molecular weight is 282 g/mol. The molecule has 4 heteroatoms. The third-order valence-electron chi connectivity index (χ3n) is 3.57. The maximum Gasteiger partial charge on any atom is 0.312 e. The molecule has 0 spiro atoms. The Kier molecular flexibility index (Phi) is 4.69. The van der Waals surface area contributed by atoms with Gasteiger partial charge in [0.15, 0.2) is 5.60 Å². The van der Waals surface area contributed by atoms with Crippen molar-refractivity contribution in [1.82, 2.24) is 0 Å². The van der Waals surface area contributed by atoms with Crippen molar-refractivity contribution in [3.8, 4) is 0 Å². The first kappa shape index (κ1) is 16.3. The van der Waals surface area contributed by atoms with E-state index < -0.39 is 28.6 Å². The van der Waals surface area contributed by atoms with E-state index in [2.05, 4.69) is 6.58 Å². The molecule has 0 saturated heterocycles. The number of carbonyl (C=O) groups excluding carboxylic acids is 1. The van der Waals surface area contributed by atoms with E-state index in [1.807, 2.05) is 6.92 Å². The zero-order chi connectivity index (χ0) is 15.6. The molecule has 1 rings (SSSR count). The van der Waals surface area contributed by atoms with Crippen LogP contribution in [-0.4, -0.2) is 5.97 Å². The molecule has 0 aromatic heterocycles. The van der Waals surface area contributed by atoms with E-state index in [-0.39, 0.29) is 5.56 Å². The van der Waals surface area contributed by atoms with Crippen LogP contribution in [0.4, 0.5) is 8.78 Å². The number of ether oxygens (including phenoxy) is 1. The lowest BCUT2D eigenvalue weighted by Gasteiger charge is -2.31. The van der Waals surface area contributed by atoms with E-state index in [4.69, 9.17) is 4.74 Å². The molecule has 0 aliphatic carbocycles. The van der Waals surface area contributed by atoms with Crippen LogP contribution < -0.4 is 0 Å². The first-order chi connectivity index (χ1) is 9.14. The van der Waals surface area contributed by atoms with E-state index >= 15 is 0 Å². The number of rotatable bonds is 5. The molecule has 0 heterocycles. The van der Waals surface area contributed by atoms with Crippen molar-refractivity contribution in [2.24, 2.45) is 5.41 Å².